The summed E-state index contributed by atoms with van der Waals surface area (Å²) in [5, 5.41) is 4.42. The number of carbonyl (C=O) groups excluding carboxylic acids is 1. The normalized spacial score (nSPS) is 15.0. The second-order valence-electron chi connectivity index (χ2n) is 8.12. The second-order valence-corrected chi connectivity index (χ2v) is 10.5. The van der Waals surface area contributed by atoms with Crippen molar-refractivity contribution in [1.82, 2.24) is 14.7 Å². The van der Waals surface area contributed by atoms with Crippen LogP contribution in [0.5, 0.6) is 0 Å². The number of sulfone groups is 1. The van der Waals surface area contributed by atoms with Gasteiger partial charge in [-0.25, -0.2) is 13.1 Å². The molecule has 158 valence electrons. The minimum Gasteiger partial charge on any atom is -0.341 e. The molecule has 0 saturated heterocycles. The maximum absolute atomic E-state index is 12.6. The van der Waals surface area contributed by atoms with Gasteiger partial charge in [0.1, 0.15) is 0 Å². The van der Waals surface area contributed by atoms with Crippen LogP contribution in [0.1, 0.15) is 54.6 Å². The van der Waals surface area contributed by atoms with E-state index in [1.165, 1.54) is 0 Å². The lowest BCUT2D eigenvalue weighted by Gasteiger charge is -2.18. The van der Waals surface area contributed by atoms with Crippen LogP contribution in [0.3, 0.4) is 0 Å². The molecule has 0 N–H and O–H groups in total. The Morgan fingerprint density at radius 2 is 1.83 bits per heavy atom. The minimum absolute atomic E-state index is 0.0410. The molecule has 1 fully saturated rings. The first-order chi connectivity index (χ1) is 13.7. The van der Waals surface area contributed by atoms with Gasteiger partial charge in [0.15, 0.2) is 9.84 Å². The summed E-state index contributed by atoms with van der Waals surface area (Å²) < 4.78 is 26.8. The highest BCUT2D eigenvalue weighted by atomic mass is 32.2. The molecule has 0 radical (unpaired) electrons. The number of aryl methyl sites for hydroxylation is 2. The number of benzene rings is 1. The van der Waals surface area contributed by atoms with Crippen LogP contribution in [0.4, 0.5) is 0 Å². The molecule has 0 bridgehead atoms. The van der Waals surface area contributed by atoms with E-state index < -0.39 is 9.84 Å². The van der Waals surface area contributed by atoms with Gasteiger partial charge in [-0.15, -0.1) is 0 Å². The van der Waals surface area contributed by atoms with Crippen LogP contribution in [0, 0.1) is 20.8 Å². The maximum Gasteiger partial charge on any atom is 0.223 e. The number of amides is 1. The van der Waals surface area contributed by atoms with Crippen LogP contribution in [-0.4, -0.2) is 47.1 Å². The number of nitrogens with zero attached hydrogens (tertiary/aromatic N) is 3. The van der Waals surface area contributed by atoms with Gasteiger partial charge in [0.05, 0.1) is 22.4 Å². The molecule has 1 aliphatic carbocycles. The quantitative estimate of drug-likeness (QED) is 0.691. The van der Waals surface area contributed by atoms with Crippen molar-refractivity contribution in [2.75, 3.05) is 12.8 Å². The topological polar surface area (TPSA) is 72.3 Å². The number of hydrogen-bond donors (Lipinski definition) is 0. The Morgan fingerprint density at radius 3 is 2.48 bits per heavy atom. The summed E-state index contributed by atoms with van der Waals surface area (Å²) in [4.78, 5) is 14.2. The maximum atomic E-state index is 12.6. The van der Waals surface area contributed by atoms with Gasteiger partial charge in [0, 0.05) is 31.3 Å². The van der Waals surface area contributed by atoms with E-state index in [0.717, 1.165) is 53.9 Å². The van der Waals surface area contributed by atoms with Gasteiger partial charge in [-0.2, -0.15) is 5.10 Å². The summed E-state index contributed by atoms with van der Waals surface area (Å²) in [5.74, 6) is -0.199. The lowest BCUT2D eigenvalue weighted by Crippen LogP contribution is -2.30. The first-order valence-corrected chi connectivity index (χ1v) is 12.0. The van der Waals surface area contributed by atoms with E-state index >= 15 is 0 Å². The van der Waals surface area contributed by atoms with E-state index in [1.807, 2.05) is 49.7 Å². The summed E-state index contributed by atoms with van der Waals surface area (Å²) in [7, 11) is -1.45. The number of carbonyl (C=O) groups is 1. The van der Waals surface area contributed by atoms with Crippen LogP contribution in [0.15, 0.2) is 24.3 Å². The van der Waals surface area contributed by atoms with E-state index in [4.69, 9.17) is 0 Å². The molecule has 0 atom stereocenters. The lowest BCUT2D eigenvalue weighted by atomic mass is 10.1. The van der Waals surface area contributed by atoms with Gasteiger partial charge in [-0.05, 0) is 45.2 Å². The number of para-hydroxylation sites is 1. The third-order valence-electron chi connectivity index (χ3n) is 6.02. The molecular weight excluding hydrogens is 386 g/mol. The van der Waals surface area contributed by atoms with Crippen molar-refractivity contribution in [2.45, 2.75) is 64.7 Å². The fourth-order valence-corrected chi connectivity index (χ4v) is 5.94. The Kier molecular flexibility index (Phi) is 6.46. The molecule has 1 saturated carbocycles. The number of aromatic nitrogens is 2. The Morgan fingerprint density at radius 1 is 1.17 bits per heavy atom. The van der Waals surface area contributed by atoms with E-state index in [1.54, 1.807) is 11.9 Å². The first kappa shape index (κ1) is 21.6. The lowest BCUT2D eigenvalue weighted by molar-refractivity contribution is -0.130. The van der Waals surface area contributed by atoms with Crippen LogP contribution in [0.2, 0.25) is 0 Å². The largest absolute Gasteiger partial charge is 0.341 e. The van der Waals surface area contributed by atoms with Crippen molar-refractivity contribution in [3.8, 4) is 5.69 Å². The Bertz CT molecular complexity index is 989. The molecule has 1 aliphatic rings. The van der Waals surface area contributed by atoms with Crippen LogP contribution in [0.25, 0.3) is 5.69 Å². The summed E-state index contributed by atoms with van der Waals surface area (Å²) in [6.07, 6.45) is 3.47. The van der Waals surface area contributed by atoms with Gasteiger partial charge in [0.2, 0.25) is 5.91 Å². The zero-order valence-corrected chi connectivity index (χ0v) is 18.6. The SMILES string of the molecule is Cc1ccccc1-n1nc(C)c(CN(C)C(=O)CCS(=O)(=O)C2CCCC2)c1C. The second kappa shape index (κ2) is 8.69. The smallest absolute Gasteiger partial charge is 0.223 e. The predicted molar refractivity (Wildman–Crippen MR) is 115 cm³/mol. The van der Waals surface area contributed by atoms with Gasteiger partial charge < -0.3 is 4.90 Å². The Labute approximate surface area is 173 Å². The molecule has 0 spiro atoms. The van der Waals surface area contributed by atoms with Gasteiger partial charge in [0.25, 0.3) is 0 Å². The molecule has 1 aromatic carbocycles. The van der Waals surface area contributed by atoms with E-state index in [-0.39, 0.29) is 23.3 Å². The Balaban J connectivity index is 1.68. The standard InChI is InChI=1S/C22H31N3O3S/c1-16-9-5-8-12-21(16)25-18(3)20(17(2)23-25)15-24(4)22(26)13-14-29(27,28)19-10-6-7-11-19/h5,8-9,12,19H,6-7,10-11,13-15H2,1-4H3. The molecule has 6 nitrogen and oxygen atoms in total. The van der Waals surface area contributed by atoms with Crippen molar-refractivity contribution in [3.05, 3.63) is 46.8 Å². The average molecular weight is 418 g/mol. The molecular formula is C22H31N3O3S. The fraction of sp³-hybridized carbons (Fsp3) is 0.545. The van der Waals surface area contributed by atoms with Gasteiger partial charge >= 0.3 is 0 Å². The van der Waals surface area contributed by atoms with Crippen molar-refractivity contribution >= 4 is 15.7 Å². The summed E-state index contributed by atoms with van der Waals surface area (Å²) in [5.41, 5.74) is 5.03. The number of rotatable bonds is 7. The zero-order chi connectivity index (χ0) is 21.2. The predicted octanol–water partition coefficient (Wildman–Crippen LogP) is 3.50. The molecule has 0 aliphatic heterocycles. The fourth-order valence-electron chi connectivity index (χ4n) is 4.10. The van der Waals surface area contributed by atoms with Crippen molar-refractivity contribution in [1.29, 1.82) is 0 Å². The molecule has 0 unspecified atom stereocenters. The molecule has 29 heavy (non-hydrogen) atoms. The van der Waals surface area contributed by atoms with Gasteiger partial charge in [-0.1, -0.05) is 31.0 Å². The molecule has 7 heteroatoms. The third kappa shape index (κ3) is 4.71. The van der Waals surface area contributed by atoms with Crippen molar-refractivity contribution in [3.63, 3.8) is 0 Å². The van der Waals surface area contributed by atoms with Crippen LogP contribution < -0.4 is 0 Å². The third-order valence-corrected chi connectivity index (χ3v) is 8.28. The van der Waals surface area contributed by atoms with E-state index in [0.29, 0.717) is 6.54 Å². The molecule has 1 heterocycles. The monoisotopic (exact) mass is 417 g/mol. The van der Waals surface area contributed by atoms with Crippen LogP contribution in [-0.2, 0) is 21.2 Å². The highest BCUT2D eigenvalue weighted by Crippen LogP contribution is 2.26. The molecule has 3 rings (SSSR count). The summed E-state index contributed by atoms with van der Waals surface area (Å²) in [6, 6.07) is 8.06. The average Bonchev–Trinajstić information content (AvgIpc) is 3.32. The zero-order valence-electron chi connectivity index (χ0n) is 17.8. The summed E-state index contributed by atoms with van der Waals surface area (Å²) >= 11 is 0. The highest BCUT2D eigenvalue weighted by Gasteiger charge is 2.29. The first-order valence-electron chi connectivity index (χ1n) is 10.3. The van der Waals surface area contributed by atoms with E-state index in [2.05, 4.69) is 5.10 Å². The van der Waals surface area contributed by atoms with Crippen molar-refractivity contribution in [2.24, 2.45) is 0 Å². The van der Waals surface area contributed by atoms with Crippen LogP contribution >= 0.6 is 0 Å². The molecule has 2 aromatic rings. The van der Waals surface area contributed by atoms with E-state index in [9.17, 15) is 13.2 Å². The minimum atomic E-state index is -3.18. The molecule has 1 amide bonds. The Hall–Kier alpha value is -2.15. The highest BCUT2D eigenvalue weighted by molar-refractivity contribution is 7.92. The number of hydrogen-bond acceptors (Lipinski definition) is 4. The van der Waals surface area contributed by atoms with Gasteiger partial charge in [-0.3, -0.25) is 4.79 Å². The summed E-state index contributed by atoms with van der Waals surface area (Å²) in [6.45, 7) is 6.42. The van der Waals surface area contributed by atoms with Crippen molar-refractivity contribution < 1.29 is 13.2 Å². The molecule has 1 aromatic heterocycles.